The van der Waals surface area contributed by atoms with Gasteiger partial charge in [-0.3, -0.25) is 14.8 Å². The monoisotopic (exact) mass is 373 g/mol. The SMILES string of the molecule is COc1ccccc1-c1nccnc1[C@H]1CCCN(C(=O)c2ccccc2)C1. The molecule has 1 aliphatic rings. The Hall–Kier alpha value is -3.21. The second-order valence-corrected chi connectivity index (χ2v) is 6.95. The number of likely N-dealkylation sites (tertiary alicyclic amines) is 1. The average Bonchev–Trinajstić information content (AvgIpc) is 2.79. The van der Waals surface area contributed by atoms with Crippen molar-refractivity contribution in [1.29, 1.82) is 0 Å². The van der Waals surface area contributed by atoms with Crippen molar-refractivity contribution in [3.8, 4) is 17.0 Å². The summed E-state index contributed by atoms with van der Waals surface area (Å²) in [6.45, 7) is 1.42. The van der Waals surface area contributed by atoms with E-state index >= 15 is 0 Å². The first-order valence-electron chi connectivity index (χ1n) is 9.56. The number of carbonyl (C=O) groups is 1. The van der Waals surface area contributed by atoms with Gasteiger partial charge in [-0.15, -0.1) is 0 Å². The van der Waals surface area contributed by atoms with Gasteiger partial charge in [0.2, 0.25) is 0 Å². The Balaban J connectivity index is 1.64. The first kappa shape index (κ1) is 18.2. The number of carbonyl (C=O) groups excluding carboxylic acids is 1. The molecule has 2 heterocycles. The summed E-state index contributed by atoms with van der Waals surface area (Å²) in [6, 6.07) is 17.3. The first-order chi connectivity index (χ1) is 13.8. The van der Waals surface area contributed by atoms with E-state index in [1.807, 2.05) is 59.5 Å². The number of benzene rings is 2. The number of ether oxygens (including phenoxy) is 1. The van der Waals surface area contributed by atoms with E-state index < -0.39 is 0 Å². The molecule has 0 bridgehead atoms. The van der Waals surface area contributed by atoms with Crippen LogP contribution in [0, 0.1) is 0 Å². The maximum Gasteiger partial charge on any atom is 0.253 e. The van der Waals surface area contributed by atoms with Crippen molar-refractivity contribution < 1.29 is 9.53 Å². The van der Waals surface area contributed by atoms with Gasteiger partial charge in [-0.1, -0.05) is 30.3 Å². The van der Waals surface area contributed by atoms with Gasteiger partial charge in [0.05, 0.1) is 18.5 Å². The fourth-order valence-corrected chi connectivity index (χ4v) is 3.84. The van der Waals surface area contributed by atoms with E-state index in [1.165, 1.54) is 0 Å². The van der Waals surface area contributed by atoms with Crippen molar-refractivity contribution in [3.63, 3.8) is 0 Å². The number of nitrogens with zero attached hydrogens (tertiary/aromatic N) is 3. The highest BCUT2D eigenvalue weighted by molar-refractivity contribution is 5.94. The number of amides is 1. The Morgan fingerprint density at radius 1 is 1.04 bits per heavy atom. The van der Waals surface area contributed by atoms with Crippen molar-refractivity contribution >= 4 is 5.91 Å². The highest BCUT2D eigenvalue weighted by Gasteiger charge is 2.29. The van der Waals surface area contributed by atoms with E-state index in [0.29, 0.717) is 6.54 Å². The molecule has 1 aromatic heterocycles. The van der Waals surface area contributed by atoms with Crippen molar-refractivity contribution in [1.82, 2.24) is 14.9 Å². The molecule has 1 aliphatic heterocycles. The summed E-state index contributed by atoms with van der Waals surface area (Å²) in [5.74, 6) is 1.00. The van der Waals surface area contributed by atoms with Gasteiger partial charge < -0.3 is 9.64 Å². The van der Waals surface area contributed by atoms with E-state index in [9.17, 15) is 4.79 Å². The van der Waals surface area contributed by atoms with Crippen LogP contribution in [0.1, 0.15) is 34.8 Å². The Bertz CT molecular complexity index is 959. The molecule has 1 fully saturated rings. The Labute approximate surface area is 165 Å². The molecule has 28 heavy (non-hydrogen) atoms. The van der Waals surface area contributed by atoms with Gasteiger partial charge in [-0.2, -0.15) is 0 Å². The second-order valence-electron chi connectivity index (χ2n) is 6.95. The summed E-state index contributed by atoms with van der Waals surface area (Å²) in [5, 5.41) is 0. The third-order valence-corrected chi connectivity index (χ3v) is 5.20. The van der Waals surface area contributed by atoms with Crippen LogP contribution in [0.4, 0.5) is 0 Å². The van der Waals surface area contributed by atoms with Crippen LogP contribution in [0.3, 0.4) is 0 Å². The number of aromatic nitrogens is 2. The molecule has 0 N–H and O–H groups in total. The molecule has 0 aliphatic carbocycles. The van der Waals surface area contributed by atoms with Crippen molar-refractivity contribution in [2.45, 2.75) is 18.8 Å². The summed E-state index contributed by atoms with van der Waals surface area (Å²) in [5.41, 5.74) is 3.42. The third-order valence-electron chi connectivity index (χ3n) is 5.20. The molecular weight excluding hydrogens is 350 g/mol. The van der Waals surface area contributed by atoms with Gasteiger partial charge in [0.15, 0.2) is 0 Å². The molecule has 5 heteroatoms. The number of rotatable bonds is 4. The summed E-state index contributed by atoms with van der Waals surface area (Å²) in [6.07, 6.45) is 5.37. The lowest BCUT2D eigenvalue weighted by molar-refractivity contribution is 0.0706. The van der Waals surface area contributed by atoms with Gasteiger partial charge >= 0.3 is 0 Å². The smallest absolute Gasteiger partial charge is 0.253 e. The number of piperidine rings is 1. The summed E-state index contributed by atoms with van der Waals surface area (Å²) >= 11 is 0. The molecule has 1 amide bonds. The number of hydrogen-bond donors (Lipinski definition) is 0. The van der Waals surface area contributed by atoms with Gasteiger partial charge in [0.25, 0.3) is 5.91 Å². The Morgan fingerprint density at radius 2 is 1.79 bits per heavy atom. The minimum Gasteiger partial charge on any atom is -0.496 e. The van der Waals surface area contributed by atoms with Crippen LogP contribution in [0.5, 0.6) is 5.75 Å². The van der Waals surface area contributed by atoms with E-state index in [4.69, 9.17) is 4.74 Å². The third kappa shape index (κ3) is 3.60. The molecule has 0 unspecified atom stereocenters. The van der Waals surface area contributed by atoms with Crippen LogP contribution >= 0.6 is 0 Å². The summed E-state index contributed by atoms with van der Waals surface area (Å²) in [4.78, 5) is 24.1. The Morgan fingerprint density at radius 3 is 2.61 bits per heavy atom. The quantitative estimate of drug-likeness (QED) is 0.689. The molecular formula is C23H23N3O2. The zero-order valence-electron chi connectivity index (χ0n) is 15.9. The molecule has 142 valence electrons. The van der Waals surface area contributed by atoms with Crippen LogP contribution in [-0.2, 0) is 0 Å². The lowest BCUT2D eigenvalue weighted by Crippen LogP contribution is -2.39. The number of para-hydroxylation sites is 1. The number of methoxy groups -OCH3 is 1. The van der Waals surface area contributed by atoms with Gasteiger partial charge in [0.1, 0.15) is 5.75 Å². The van der Waals surface area contributed by atoms with Crippen LogP contribution < -0.4 is 4.74 Å². The molecule has 1 saturated heterocycles. The van der Waals surface area contributed by atoms with Crippen LogP contribution in [-0.4, -0.2) is 41.0 Å². The summed E-state index contributed by atoms with van der Waals surface area (Å²) < 4.78 is 5.53. The maximum absolute atomic E-state index is 12.9. The molecule has 3 aromatic rings. The van der Waals surface area contributed by atoms with E-state index in [2.05, 4.69) is 9.97 Å². The minimum absolute atomic E-state index is 0.0769. The van der Waals surface area contributed by atoms with Crippen LogP contribution in [0.25, 0.3) is 11.3 Å². The standard InChI is InChI=1S/C23H23N3O2/c1-28-20-12-6-5-11-19(20)22-21(24-13-14-25-22)18-10-7-15-26(16-18)23(27)17-8-3-2-4-9-17/h2-6,8-9,11-14,18H,7,10,15-16H2,1H3/t18-/m0/s1. The van der Waals surface area contributed by atoms with E-state index in [-0.39, 0.29) is 11.8 Å². The van der Waals surface area contributed by atoms with Crippen LogP contribution in [0.15, 0.2) is 67.0 Å². The Kier molecular flexibility index (Phi) is 5.33. The summed E-state index contributed by atoms with van der Waals surface area (Å²) in [7, 11) is 1.66. The topological polar surface area (TPSA) is 55.3 Å². The normalized spacial score (nSPS) is 16.6. The highest BCUT2D eigenvalue weighted by Crippen LogP contribution is 2.35. The fourth-order valence-electron chi connectivity index (χ4n) is 3.84. The molecule has 0 radical (unpaired) electrons. The molecule has 0 saturated carbocycles. The fraction of sp³-hybridized carbons (Fsp3) is 0.261. The van der Waals surface area contributed by atoms with Crippen molar-refractivity contribution in [2.75, 3.05) is 20.2 Å². The second kappa shape index (κ2) is 8.21. The zero-order valence-corrected chi connectivity index (χ0v) is 15.9. The zero-order chi connectivity index (χ0) is 19.3. The van der Waals surface area contributed by atoms with Crippen LogP contribution in [0.2, 0.25) is 0 Å². The lowest BCUT2D eigenvalue weighted by atomic mass is 9.91. The molecule has 2 aromatic carbocycles. The van der Waals surface area contributed by atoms with Gasteiger partial charge in [-0.05, 0) is 37.1 Å². The predicted molar refractivity (Wildman–Crippen MR) is 108 cm³/mol. The maximum atomic E-state index is 12.9. The minimum atomic E-state index is 0.0769. The lowest BCUT2D eigenvalue weighted by Gasteiger charge is -2.33. The average molecular weight is 373 g/mol. The molecule has 0 spiro atoms. The van der Waals surface area contributed by atoms with Crippen molar-refractivity contribution in [2.24, 2.45) is 0 Å². The molecule has 4 rings (SSSR count). The van der Waals surface area contributed by atoms with E-state index in [0.717, 1.165) is 47.7 Å². The molecule has 5 nitrogen and oxygen atoms in total. The van der Waals surface area contributed by atoms with Crippen molar-refractivity contribution in [3.05, 3.63) is 78.2 Å². The van der Waals surface area contributed by atoms with E-state index in [1.54, 1.807) is 19.5 Å². The van der Waals surface area contributed by atoms with Gasteiger partial charge in [-0.25, -0.2) is 0 Å². The molecule has 1 atom stereocenters. The number of hydrogen-bond acceptors (Lipinski definition) is 4. The highest BCUT2D eigenvalue weighted by atomic mass is 16.5. The predicted octanol–water partition coefficient (Wildman–Crippen LogP) is 4.17. The first-order valence-corrected chi connectivity index (χ1v) is 9.56. The largest absolute Gasteiger partial charge is 0.496 e. The van der Waals surface area contributed by atoms with Gasteiger partial charge in [0, 0.05) is 42.5 Å².